The number of rotatable bonds is 6. The van der Waals surface area contributed by atoms with Crippen LogP contribution in [0.1, 0.15) is 13.8 Å². The Morgan fingerprint density at radius 3 is 2.24 bits per heavy atom. The summed E-state index contributed by atoms with van der Waals surface area (Å²) in [5.74, 6) is -0.290. The van der Waals surface area contributed by atoms with Crippen molar-refractivity contribution >= 4 is 35.1 Å². The predicted octanol–water partition coefficient (Wildman–Crippen LogP) is 4.19. The molecule has 132 valence electrons. The molecule has 0 spiro atoms. The standard InChI is InChI=1S/C19H23N3O2S/c1-13(2)17(22-19(24)21-14-8-5-4-6-9-14)18(23)20-15-10-7-11-16(12-15)25-3/h4-13,17H,1-3H3,(H,20,23)(H2,21,22,24). The molecule has 0 heterocycles. The number of benzene rings is 2. The van der Waals surface area contributed by atoms with Gasteiger partial charge in [-0.15, -0.1) is 11.8 Å². The Morgan fingerprint density at radius 1 is 0.920 bits per heavy atom. The van der Waals surface area contributed by atoms with E-state index in [-0.39, 0.29) is 11.8 Å². The van der Waals surface area contributed by atoms with E-state index in [9.17, 15) is 9.59 Å². The number of anilines is 2. The lowest BCUT2D eigenvalue weighted by Gasteiger charge is -2.22. The minimum absolute atomic E-state index is 0.0507. The van der Waals surface area contributed by atoms with Crippen molar-refractivity contribution in [3.05, 3.63) is 54.6 Å². The van der Waals surface area contributed by atoms with Gasteiger partial charge in [-0.1, -0.05) is 38.1 Å². The molecule has 2 aromatic rings. The second-order valence-corrected chi connectivity index (χ2v) is 6.79. The van der Waals surface area contributed by atoms with Crippen LogP contribution in [-0.4, -0.2) is 24.2 Å². The number of hydrogen-bond donors (Lipinski definition) is 3. The molecule has 1 unspecified atom stereocenters. The first-order chi connectivity index (χ1) is 12.0. The average Bonchev–Trinajstić information content (AvgIpc) is 2.60. The average molecular weight is 357 g/mol. The highest BCUT2D eigenvalue weighted by Crippen LogP contribution is 2.19. The molecule has 0 saturated heterocycles. The van der Waals surface area contributed by atoms with Crippen molar-refractivity contribution in [2.24, 2.45) is 5.92 Å². The van der Waals surface area contributed by atoms with Crippen LogP contribution in [0.3, 0.4) is 0 Å². The summed E-state index contributed by atoms with van der Waals surface area (Å²) in [4.78, 5) is 25.8. The molecule has 3 amide bonds. The van der Waals surface area contributed by atoms with Crippen LogP contribution in [0.4, 0.5) is 16.2 Å². The minimum atomic E-state index is -0.637. The summed E-state index contributed by atoms with van der Waals surface area (Å²) in [5.41, 5.74) is 1.39. The first-order valence-electron chi connectivity index (χ1n) is 8.07. The van der Waals surface area contributed by atoms with Gasteiger partial charge in [0.25, 0.3) is 0 Å². The molecular weight excluding hydrogens is 334 g/mol. The molecule has 0 aliphatic carbocycles. The molecule has 0 aliphatic heterocycles. The fraction of sp³-hybridized carbons (Fsp3) is 0.263. The zero-order valence-corrected chi connectivity index (χ0v) is 15.4. The second-order valence-electron chi connectivity index (χ2n) is 5.91. The Balaban J connectivity index is 2.01. The Bertz CT molecular complexity index is 720. The molecule has 0 aromatic heterocycles. The van der Waals surface area contributed by atoms with Crippen molar-refractivity contribution in [1.29, 1.82) is 0 Å². The summed E-state index contributed by atoms with van der Waals surface area (Å²) in [7, 11) is 0. The van der Waals surface area contributed by atoms with Crippen molar-refractivity contribution in [2.75, 3.05) is 16.9 Å². The van der Waals surface area contributed by atoms with Crippen molar-refractivity contribution < 1.29 is 9.59 Å². The highest BCUT2D eigenvalue weighted by Gasteiger charge is 2.24. The summed E-state index contributed by atoms with van der Waals surface area (Å²) in [6.07, 6.45) is 1.98. The maximum atomic E-state index is 12.6. The monoisotopic (exact) mass is 357 g/mol. The third-order valence-electron chi connectivity index (χ3n) is 3.60. The van der Waals surface area contributed by atoms with Crippen molar-refractivity contribution in [3.8, 4) is 0 Å². The van der Waals surface area contributed by atoms with E-state index < -0.39 is 12.1 Å². The second kappa shape index (κ2) is 9.13. The fourth-order valence-corrected chi connectivity index (χ4v) is 2.75. The number of para-hydroxylation sites is 1. The first-order valence-corrected chi connectivity index (χ1v) is 9.29. The van der Waals surface area contributed by atoms with Gasteiger partial charge < -0.3 is 16.0 Å². The van der Waals surface area contributed by atoms with Crippen LogP contribution in [0.25, 0.3) is 0 Å². The Morgan fingerprint density at radius 2 is 1.60 bits per heavy atom. The van der Waals surface area contributed by atoms with Crippen LogP contribution in [-0.2, 0) is 4.79 Å². The molecule has 0 saturated carbocycles. The molecule has 0 fully saturated rings. The number of carbonyl (C=O) groups excluding carboxylic acids is 2. The summed E-state index contributed by atoms with van der Waals surface area (Å²) < 4.78 is 0. The van der Waals surface area contributed by atoms with Crippen LogP contribution >= 0.6 is 11.8 Å². The molecule has 6 heteroatoms. The topological polar surface area (TPSA) is 70.2 Å². The van der Waals surface area contributed by atoms with E-state index in [0.717, 1.165) is 4.90 Å². The van der Waals surface area contributed by atoms with Gasteiger partial charge in [0.2, 0.25) is 5.91 Å². The summed E-state index contributed by atoms with van der Waals surface area (Å²) >= 11 is 1.61. The van der Waals surface area contributed by atoms with E-state index in [1.165, 1.54) is 0 Å². The Kier molecular flexibility index (Phi) is 6.89. The largest absolute Gasteiger partial charge is 0.326 e. The normalized spacial score (nSPS) is 11.7. The molecule has 0 aliphatic rings. The molecular formula is C19H23N3O2S. The maximum absolute atomic E-state index is 12.6. The molecule has 5 nitrogen and oxygen atoms in total. The van der Waals surface area contributed by atoms with Gasteiger partial charge in [-0.3, -0.25) is 4.79 Å². The number of thioether (sulfide) groups is 1. The lowest BCUT2D eigenvalue weighted by atomic mass is 10.0. The minimum Gasteiger partial charge on any atom is -0.326 e. The predicted molar refractivity (Wildman–Crippen MR) is 104 cm³/mol. The number of hydrogen-bond acceptors (Lipinski definition) is 3. The first kappa shape index (κ1) is 18.9. The third kappa shape index (κ3) is 5.83. The number of nitrogens with one attached hydrogen (secondary N) is 3. The summed E-state index contributed by atoms with van der Waals surface area (Å²) in [5, 5.41) is 8.35. The molecule has 2 aromatic carbocycles. The van der Waals surface area contributed by atoms with Crippen LogP contribution in [0.15, 0.2) is 59.5 Å². The van der Waals surface area contributed by atoms with Gasteiger partial charge in [-0.05, 0) is 42.5 Å². The highest BCUT2D eigenvalue weighted by molar-refractivity contribution is 7.98. The van der Waals surface area contributed by atoms with E-state index in [1.807, 2.05) is 62.6 Å². The molecule has 0 bridgehead atoms. The SMILES string of the molecule is CSc1cccc(NC(=O)C(NC(=O)Nc2ccccc2)C(C)C)c1. The van der Waals surface area contributed by atoms with Gasteiger partial charge in [-0.25, -0.2) is 4.79 Å². The Hall–Kier alpha value is -2.47. The number of urea groups is 1. The van der Waals surface area contributed by atoms with Gasteiger partial charge in [0.05, 0.1) is 0 Å². The molecule has 2 rings (SSSR count). The van der Waals surface area contributed by atoms with Crippen LogP contribution in [0.5, 0.6) is 0 Å². The lowest BCUT2D eigenvalue weighted by molar-refractivity contribution is -0.118. The zero-order valence-electron chi connectivity index (χ0n) is 14.6. The van der Waals surface area contributed by atoms with E-state index in [1.54, 1.807) is 23.9 Å². The lowest BCUT2D eigenvalue weighted by Crippen LogP contribution is -2.48. The molecule has 25 heavy (non-hydrogen) atoms. The summed E-state index contributed by atoms with van der Waals surface area (Å²) in [6.45, 7) is 3.79. The van der Waals surface area contributed by atoms with Gasteiger partial charge in [-0.2, -0.15) is 0 Å². The van der Waals surface area contributed by atoms with Crippen LogP contribution in [0, 0.1) is 5.92 Å². The number of carbonyl (C=O) groups is 2. The quantitative estimate of drug-likeness (QED) is 0.679. The van der Waals surface area contributed by atoms with Crippen LogP contribution in [0.2, 0.25) is 0 Å². The van der Waals surface area contributed by atoms with Gasteiger partial charge >= 0.3 is 6.03 Å². The van der Waals surface area contributed by atoms with Crippen molar-refractivity contribution in [3.63, 3.8) is 0 Å². The van der Waals surface area contributed by atoms with Gasteiger partial charge in [0, 0.05) is 16.3 Å². The van der Waals surface area contributed by atoms with E-state index in [4.69, 9.17) is 0 Å². The van der Waals surface area contributed by atoms with E-state index in [2.05, 4.69) is 16.0 Å². The Labute approximate surface area is 152 Å². The molecule has 1 atom stereocenters. The zero-order chi connectivity index (χ0) is 18.2. The molecule has 0 radical (unpaired) electrons. The summed E-state index contributed by atoms with van der Waals surface area (Å²) in [6, 6.07) is 15.7. The van der Waals surface area contributed by atoms with Crippen LogP contribution < -0.4 is 16.0 Å². The molecule has 3 N–H and O–H groups in total. The maximum Gasteiger partial charge on any atom is 0.319 e. The van der Waals surface area contributed by atoms with Crippen molar-refractivity contribution in [2.45, 2.75) is 24.8 Å². The van der Waals surface area contributed by atoms with E-state index in [0.29, 0.717) is 11.4 Å². The smallest absolute Gasteiger partial charge is 0.319 e. The number of amides is 3. The third-order valence-corrected chi connectivity index (χ3v) is 4.33. The van der Waals surface area contributed by atoms with Crippen molar-refractivity contribution in [1.82, 2.24) is 5.32 Å². The van der Waals surface area contributed by atoms with Gasteiger partial charge in [0.1, 0.15) is 6.04 Å². The fourth-order valence-electron chi connectivity index (χ4n) is 2.29. The van der Waals surface area contributed by atoms with E-state index >= 15 is 0 Å². The van der Waals surface area contributed by atoms with Gasteiger partial charge in [0.15, 0.2) is 0 Å². The highest BCUT2D eigenvalue weighted by atomic mass is 32.2.